The van der Waals surface area contributed by atoms with Gasteiger partial charge >= 0.3 is 5.97 Å². The molecular weight excluding hydrogens is 132 g/mol. The van der Waals surface area contributed by atoms with E-state index in [1.165, 1.54) is 13.2 Å². The molecule has 0 bridgehead atoms. The molecule has 0 spiro atoms. The highest BCUT2D eigenvalue weighted by molar-refractivity contribution is 5.83. The van der Waals surface area contributed by atoms with Crippen LogP contribution in [0.3, 0.4) is 0 Å². The quantitative estimate of drug-likeness (QED) is 0.439. The van der Waals surface area contributed by atoms with Gasteiger partial charge in [-0.2, -0.15) is 0 Å². The van der Waals surface area contributed by atoms with Gasteiger partial charge in [0.2, 0.25) is 5.76 Å². The second-order valence-corrected chi connectivity index (χ2v) is 1.85. The van der Waals surface area contributed by atoms with Gasteiger partial charge in [-0.15, -0.1) is 0 Å². The number of carbonyl (C=O) groups excluding carboxylic acids is 1. The second kappa shape index (κ2) is 4.85. The Kier molecular flexibility index (Phi) is 4.37. The summed E-state index contributed by atoms with van der Waals surface area (Å²) in [5.41, 5.74) is 0. The van der Waals surface area contributed by atoms with Crippen molar-refractivity contribution < 1.29 is 14.6 Å². The summed E-state index contributed by atoms with van der Waals surface area (Å²) in [4.78, 5) is 10.1. The first-order valence-corrected chi connectivity index (χ1v) is 3.17. The highest BCUT2D eigenvalue weighted by atomic mass is 16.5. The van der Waals surface area contributed by atoms with Gasteiger partial charge in [0.1, 0.15) is 0 Å². The van der Waals surface area contributed by atoms with Crippen LogP contribution in [0.15, 0.2) is 11.8 Å². The normalized spacial score (nSPS) is 11.2. The Morgan fingerprint density at radius 2 is 2.20 bits per heavy atom. The van der Waals surface area contributed by atoms with E-state index in [1.54, 1.807) is 0 Å². The number of allylic oxidation sites excluding steroid dienone is 1. The third-order valence-electron chi connectivity index (χ3n) is 1.04. The van der Waals surface area contributed by atoms with Gasteiger partial charge < -0.3 is 4.74 Å². The monoisotopic (exact) mass is 143 g/mol. The molecule has 0 aliphatic carbocycles. The lowest BCUT2D eigenvalue weighted by atomic mass is 10.3. The van der Waals surface area contributed by atoms with Crippen LogP contribution in [0.4, 0.5) is 0 Å². The fourth-order valence-electron chi connectivity index (χ4n) is 0.525. The molecule has 0 aromatic rings. The van der Waals surface area contributed by atoms with Crippen molar-refractivity contribution in [3.05, 3.63) is 11.8 Å². The summed E-state index contributed by atoms with van der Waals surface area (Å²) in [6.45, 7) is 1.96. The molecule has 0 fully saturated rings. The molecule has 0 N–H and O–H groups in total. The second-order valence-electron chi connectivity index (χ2n) is 1.85. The summed E-state index contributed by atoms with van der Waals surface area (Å²) in [5, 5.41) is 10.1. The lowest BCUT2D eigenvalue weighted by molar-refractivity contribution is -0.142. The van der Waals surface area contributed by atoms with Crippen molar-refractivity contribution in [3.8, 4) is 0 Å². The summed E-state index contributed by atoms with van der Waals surface area (Å²) in [6.07, 6.45) is 3.12. The van der Waals surface area contributed by atoms with E-state index in [4.69, 9.17) is 0 Å². The van der Waals surface area contributed by atoms with Crippen molar-refractivity contribution >= 4 is 5.97 Å². The smallest absolute Gasteiger partial charge is 0.420 e. The molecule has 10 heavy (non-hydrogen) atoms. The molecule has 0 aliphatic heterocycles. The fraction of sp³-hybridized carbons (Fsp3) is 0.571. The van der Waals surface area contributed by atoms with Gasteiger partial charge in [0, 0.05) is 0 Å². The topological polar surface area (TPSA) is 46.2 Å². The van der Waals surface area contributed by atoms with Gasteiger partial charge in [0.05, 0.1) is 7.11 Å². The molecule has 0 heterocycles. The average Bonchev–Trinajstić information content (AvgIpc) is 1.89. The number of hydrogen-bond acceptors (Lipinski definition) is 2. The van der Waals surface area contributed by atoms with Crippen LogP contribution in [-0.4, -0.2) is 13.1 Å². The lowest BCUT2D eigenvalue weighted by Gasteiger charge is -1.95. The van der Waals surface area contributed by atoms with Crippen molar-refractivity contribution in [2.45, 2.75) is 19.8 Å². The molecule has 1 radical (unpaired) electrons. The Hall–Kier alpha value is -0.990. The molecule has 0 atom stereocenters. The third-order valence-corrected chi connectivity index (χ3v) is 1.04. The summed E-state index contributed by atoms with van der Waals surface area (Å²) in [6, 6.07) is 0. The Morgan fingerprint density at radius 3 is 2.50 bits per heavy atom. The number of carbonyl (C=O) groups is 1. The highest BCUT2D eigenvalue weighted by Gasteiger charge is 2.06. The first-order valence-electron chi connectivity index (χ1n) is 3.17. The number of ether oxygens (including phenoxy) is 1. The standard InChI is InChI=1S/C7H11O3/c1-3-4-5-6(10-2)7(8)9/h5H,3-4H2,1-2H3/b6-5-. The molecule has 0 aromatic carbocycles. The molecule has 0 unspecified atom stereocenters. The van der Waals surface area contributed by atoms with Crippen LogP contribution in [0.5, 0.6) is 0 Å². The summed E-state index contributed by atoms with van der Waals surface area (Å²) >= 11 is 0. The van der Waals surface area contributed by atoms with Gasteiger partial charge in [-0.3, -0.25) is 0 Å². The van der Waals surface area contributed by atoms with Gasteiger partial charge in [-0.25, -0.2) is 9.90 Å². The van der Waals surface area contributed by atoms with Crippen molar-refractivity contribution in [2.24, 2.45) is 0 Å². The zero-order valence-corrected chi connectivity index (χ0v) is 6.22. The van der Waals surface area contributed by atoms with E-state index in [0.29, 0.717) is 6.42 Å². The van der Waals surface area contributed by atoms with Gasteiger partial charge in [-0.1, -0.05) is 13.3 Å². The zero-order valence-electron chi connectivity index (χ0n) is 6.22. The van der Waals surface area contributed by atoms with Crippen molar-refractivity contribution in [1.29, 1.82) is 0 Å². The summed E-state index contributed by atoms with van der Waals surface area (Å²) < 4.78 is 4.51. The molecule has 0 saturated carbocycles. The van der Waals surface area contributed by atoms with E-state index in [2.05, 4.69) is 4.74 Å². The zero-order chi connectivity index (χ0) is 7.98. The number of hydrogen-bond donors (Lipinski definition) is 0. The molecule has 0 aliphatic rings. The Labute approximate surface area is 60.3 Å². The Bertz CT molecular complexity index is 138. The van der Waals surface area contributed by atoms with E-state index in [1.807, 2.05) is 6.92 Å². The summed E-state index contributed by atoms with van der Waals surface area (Å²) in [7, 11) is 1.32. The lowest BCUT2D eigenvalue weighted by Crippen LogP contribution is -2.00. The van der Waals surface area contributed by atoms with Crippen LogP contribution in [0.2, 0.25) is 0 Å². The third kappa shape index (κ3) is 3.12. The minimum Gasteiger partial charge on any atom is -0.490 e. The molecule has 3 heteroatoms. The molecule has 3 nitrogen and oxygen atoms in total. The largest absolute Gasteiger partial charge is 0.490 e. The van der Waals surface area contributed by atoms with Gasteiger partial charge in [-0.05, 0) is 12.5 Å². The Balaban J connectivity index is 3.91. The van der Waals surface area contributed by atoms with Crippen LogP contribution < -0.4 is 0 Å². The van der Waals surface area contributed by atoms with Crippen LogP contribution in [0.25, 0.3) is 0 Å². The van der Waals surface area contributed by atoms with Crippen molar-refractivity contribution in [1.82, 2.24) is 0 Å². The maximum Gasteiger partial charge on any atom is 0.420 e. The molecule has 0 saturated heterocycles. The predicted octanol–water partition coefficient (Wildman–Crippen LogP) is 1.27. The van der Waals surface area contributed by atoms with E-state index >= 15 is 0 Å². The Morgan fingerprint density at radius 1 is 1.60 bits per heavy atom. The first kappa shape index (κ1) is 9.01. The fourth-order valence-corrected chi connectivity index (χ4v) is 0.525. The molecule has 0 amide bonds. The van der Waals surface area contributed by atoms with Gasteiger partial charge in [0.25, 0.3) is 0 Å². The van der Waals surface area contributed by atoms with Crippen LogP contribution in [0.1, 0.15) is 19.8 Å². The van der Waals surface area contributed by atoms with Crippen LogP contribution >= 0.6 is 0 Å². The molecule has 0 rings (SSSR count). The molecule has 57 valence electrons. The summed E-state index contributed by atoms with van der Waals surface area (Å²) in [5.74, 6) is -1.34. The van der Waals surface area contributed by atoms with Crippen molar-refractivity contribution in [2.75, 3.05) is 7.11 Å². The molecular formula is C7H11O3. The number of methoxy groups -OCH3 is 1. The maximum atomic E-state index is 10.1. The highest BCUT2D eigenvalue weighted by Crippen LogP contribution is 1.99. The minimum atomic E-state index is -1.25. The minimum absolute atomic E-state index is 0.0816. The van der Waals surface area contributed by atoms with Crippen molar-refractivity contribution in [3.63, 3.8) is 0 Å². The first-order chi connectivity index (χ1) is 4.72. The number of rotatable bonds is 4. The average molecular weight is 143 g/mol. The number of unbranched alkanes of at least 4 members (excludes halogenated alkanes) is 1. The predicted molar refractivity (Wildman–Crippen MR) is 35.7 cm³/mol. The van der Waals surface area contributed by atoms with Crippen LogP contribution in [0, 0.1) is 0 Å². The van der Waals surface area contributed by atoms with Gasteiger partial charge in [0.15, 0.2) is 0 Å². The van der Waals surface area contributed by atoms with E-state index < -0.39 is 5.97 Å². The molecule has 0 aromatic heterocycles. The SMILES string of the molecule is CCC/C=C(\OC)C([O])=O. The van der Waals surface area contributed by atoms with Crippen LogP contribution in [-0.2, 0) is 14.6 Å². The van der Waals surface area contributed by atoms with E-state index in [9.17, 15) is 9.90 Å². The van der Waals surface area contributed by atoms with E-state index in [-0.39, 0.29) is 5.76 Å². The van der Waals surface area contributed by atoms with E-state index in [0.717, 1.165) is 6.42 Å². The maximum absolute atomic E-state index is 10.1.